The Morgan fingerprint density at radius 1 is 1.35 bits per heavy atom. The Labute approximate surface area is 121 Å². The molecule has 1 aromatic heterocycles. The summed E-state index contributed by atoms with van der Waals surface area (Å²) in [6, 6.07) is 8.24. The molecule has 0 atom stereocenters. The number of carbonyl (C=O) groups is 1. The minimum atomic E-state index is -1.38. The number of aromatic nitrogens is 1. The average Bonchev–Trinajstić information content (AvgIpc) is 2.41. The van der Waals surface area contributed by atoms with Gasteiger partial charge in [0.1, 0.15) is 17.6 Å². The number of rotatable bonds is 4. The normalized spacial score (nSPS) is 10.1. The molecule has 102 valence electrons. The number of hydrogen-bond acceptors (Lipinski definition) is 5. The van der Waals surface area contributed by atoms with E-state index in [2.05, 4.69) is 26.2 Å². The van der Waals surface area contributed by atoms with Crippen molar-refractivity contribution < 1.29 is 14.8 Å². The van der Waals surface area contributed by atoms with Gasteiger partial charge in [0, 0.05) is 16.2 Å². The molecule has 2 N–H and O–H groups in total. The van der Waals surface area contributed by atoms with Crippen LogP contribution in [-0.4, -0.2) is 21.0 Å². The Hall–Kier alpha value is -2.48. The molecule has 1 heterocycles. The number of nitrogens with zero attached hydrogens (tertiary/aromatic N) is 2. The van der Waals surface area contributed by atoms with Gasteiger partial charge in [-0.1, -0.05) is 15.9 Å². The average molecular weight is 338 g/mol. The lowest BCUT2D eigenvalue weighted by atomic mass is 10.2. The first kappa shape index (κ1) is 13.9. The molecule has 0 radical (unpaired) electrons. The van der Waals surface area contributed by atoms with Crippen molar-refractivity contribution in [2.45, 2.75) is 0 Å². The summed E-state index contributed by atoms with van der Waals surface area (Å²) in [6.45, 7) is 0. The molecule has 0 spiro atoms. The fraction of sp³-hybridized carbons (Fsp3) is 0. The van der Waals surface area contributed by atoms with Crippen LogP contribution in [0.25, 0.3) is 0 Å². The minimum absolute atomic E-state index is 0.218. The van der Waals surface area contributed by atoms with Gasteiger partial charge in [0.05, 0.1) is 4.92 Å². The van der Waals surface area contributed by atoms with Gasteiger partial charge in [-0.3, -0.25) is 10.1 Å². The maximum atomic E-state index is 11.0. The van der Waals surface area contributed by atoms with Gasteiger partial charge in [-0.2, -0.15) is 0 Å². The van der Waals surface area contributed by atoms with E-state index in [1.54, 1.807) is 24.3 Å². The topological polar surface area (TPSA) is 105 Å². The lowest BCUT2D eigenvalue weighted by Gasteiger charge is -2.06. The third-order valence-electron chi connectivity index (χ3n) is 2.43. The molecule has 1 aromatic carbocycles. The first-order chi connectivity index (χ1) is 9.47. The molecule has 0 saturated heterocycles. The highest BCUT2D eigenvalue weighted by atomic mass is 79.9. The number of anilines is 2. The molecule has 7 nitrogen and oxygen atoms in total. The van der Waals surface area contributed by atoms with E-state index in [9.17, 15) is 14.9 Å². The van der Waals surface area contributed by atoms with Crippen molar-refractivity contribution in [3.8, 4) is 0 Å². The van der Waals surface area contributed by atoms with Gasteiger partial charge in [0.15, 0.2) is 0 Å². The van der Waals surface area contributed by atoms with Crippen LogP contribution in [0.3, 0.4) is 0 Å². The van der Waals surface area contributed by atoms with Gasteiger partial charge in [0.25, 0.3) is 0 Å². The number of benzene rings is 1. The Balaban J connectivity index is 2.34. The second kappa shape index (κ2) is 5.66. The van der Waals surface area contributed by atoms with Gasteiger partial charge in [-0.25, -0.2) is 9.78 Å². The number of hydrogen-bond donors (Lipinski definition) is 2. The third-order valence-corrected chi connectivity index (χ3v) is 2.96. The summed E-state index contributed by atoms with van der Waals surface area (Å²) in [5, 5.41) is 22.6. The van der Waals surface area contributed by atoms with Crippen molar-refractivity contribution in [3.63, 3.8) is 0 Å². The van der Waals surface area contributed by atoms with Gasteiger partial charge >= 0.3 is 11.7 Å². The molecular weight excluding hydrogens is 330 g/mol. The summed E-state index contributed by atoms with van der Waals surface area (Å²) >= 11 is 3.29. The predicted molar refractivity (Wildman–Crippen MR) is 75.3 cm³/mol. The van der Waals surface area contributed by atoms with E-state index in [0.29, 0.717) is 5.69 Å². The lowest BCUT2D eigenvalue weighted by molar-refractivity contribution is -0.385. The number of nitrogens with one attached hydrogen (secondary N) is 1. The van der Waals surface area contributed by atoms with Gasteiger partial charge < -0.3 is 10.4 Å². The number of carboxylic acid groups (broad SMARTS) is 1. The molecule has 0 fully saturated rings. The van der Waals surface area contributed by atoms with Crippen molar-refractivity contribution in [3.05, 3.63) is 56.7 Å². The largest absolute Gasteiger partial charge is 0.477 e. The molecule has 0 unspecified atom stereocenters. The fourth-order valence-electron chi connectivity index (χ4n) is 1.51. The van der Waals surface area contributed by atoms with E-state index in [1.165, 1.54) is 0 Å². The summed E-state index contributed by atoms with van der Waals surface area (Å²) in [4.78, 5) is 24.8. The van der Waals surface area contributed by atoms with Crippen molar-refractivity contribution in [1.82, 2.24) is 4.98 Å². The van der Waals surface area contributed by atoms with Crippen molar-refractivity contribution in [2.75, 3.05) is 5.32 Å². The zero-order chi connectivity index (χ0) is 14.7. The molecule has 8 heteroatoms. The third kappa shape index (κ3) is 3.09. The second-order valence-electron chi connectivity index (χ2n) is 3.78. The number of pyridine rings is 1. The Morgan fingerprint density at radius 2 is 2.00 bits per heavy atom. The Bertz CT molecular complexity index is 673. The lowest BCUT2D eigenvalue weighted by Crippen LogP contribution is -2.05. The van der Waals surface area contributed by atoms with Gasteiger partial charge in [-0.15, -0.1) is 0 Å². The van der Waals surface area contributed by atoms with E-state index in [4.69, 9.17) is 5.11 Å². The van der Waals surface area contributed by atoms with Crippen LogP contribution in [-0.2, 0) is 0 Å². The smallest absolute Gasteiger partial charge is 0.342 e. The molecular formula is C12H8BrN3O4. The maximum absolute atomic E-state index is 11.0. The van der Waals surface area contributed by atoms with Gasteiger partial charge in [0.2, 0.25) is 0 Å². The quantitative estimate of drug-likeness (QED) is 0.655. The monoisotopic (exact) mass is 337 g/mol. The first-order valence-corrected chi connectivity index (χ1v) is 6.17. The highest BCUT2D eigenvalue weighted by molar-refractivity contribution is 9.10. The Kier molecular flexibility index (Phi) is 3.94. The van der Waals surface area contributed by atoms with Crippen LogP contribution in [0.4, 0.5) is 17.2 Å². The minimum Gasteiger partial charge on any atom is -0.477 e. The summed E-state index contributed by atoms with van der Waals surface area (Å²) < 4.78 is 0.894. The van der Waals surface area contributed by atoms with Crippen molar-refractivity contribution >= 4 is 39.1 Å². The summed E-state index contributed by atoms with van der Waals surface area (Å²) in [5.41, 5.74) is -0.269. The van der Waals surface area contributed by atoms with E-state index < -0.39 is 22.1 Å². The molecule has 0 aliphatic rings. The standard InChI is InChI=1S/C12H8BrN3O4/c13-7-1-3-8(4-2-7)15-11-5-9(12(17)18)10(6-14-11)16(19)20/h1-6H,(H,14,15)(H,17,18). The fourth-order valence-corrected chi connectivity index (χ4v) is 1.78. The van der Waals surface area contributed by atoms with E-state index >= 15 is 0 Å². The van der Waals surface area contributed by atoms with Crippen LogP contribution in [0.5, 0.6) is 0 Å². The number of aromatic carboxylic acids is 1. The van der Waals surface area contributed by atoms with Crippen LogP contribution in [0.2, 0.25) is 0 Å². The molecule has 2 aromatic rings. The molecule has 0 amide bonds. The summed E-state index contributed by atoms with van der Waals surface area (Å²) in [6.07, 6.45) is 0.921. The zero-order valence-corrected chi connectivity index (χ0v) is 11.5. The van der Waals surface area contributed by atoms with Crippen molar-refractivity contribution in [1.29, 1.82) is 0 Å². The van der Waals surface area contributed by atoms with Crippen LogP contribution in [0, 0.1) is 10.1 Å². The van der Waals surface area contributed by atoms with Crippen molar-refractivity contribution in [2.24, 2.45) is 0 Å². The highest BCUT2D eigenvalue weighted by Crippen LogP contribution is 2.23. The first-order valence-electron chi connectivity index (χ1n) is 5.37. The Morgan fingerprint density at radius 3 is 2.55 bits per heavy atom. The zero-order valence-electron chi connectivity index (χ0n) is 9.91. The molecule has 20 heavy (non-hydrogen) atoms. The molecule has 0 bridgehead atoms. The molecule has 0 aliphatic heterocycles. The van der Waals surface area contributed by atoms with E-state index in [-0.39, 0.29) is 5.82 Å². The number of halogens is 1. The van der Waals surface area contributed by atoms with Crippen LogP contribution >= 0.6 is 15.9 Å². The van der Waals surface area contributed by atoms with Crippen LogP contribution < -0.4 is 5.32 Å². The SMILES string of the molecule is O=C(O)c1cc(Nc2ccc(Br)cc2)ncc1[N+](=O)[O-]. The maximum Gasteiger partial charge on any atom is 0.342 e. The molecule has 0 aliphatic carbocycles. The van der Waals surface area contributed by atoms with Crippen LogP contribution in [0.15, 0.2) is 41.0 Å². The summed E-state index contributed by atoms with van der Waals surface area (Å²) in [7, 11) is 0. The number of carboxylic acids is 1. The summed E-state index contributed by atoms with van der Waals surface area (Å²) in [5.74, 6) is -1.16. The van der Waals surface area contributed by atoms with Crippen LogP contribution in [0.1, 0.15) is 10.4 Å². The van der Waals surface area contributed by atoms with E-state index in [0.717, 1.165) is 16.7 Å². The van der Waals surface area contributed by atoms with Gasteiger partial charge in [-0.05, 0) is 24.3 Å². The second-order valence-corrected chi connectivity index (χ2v) is 4.70. The number of nitro groups is 1. The molecule has 2 rings (SSSR count). The predicted octanol–water partition coefficient (Wildman–Crippen LogP) is 3.19. The van der Waals surface area contributed by atoms with E-state index in [1.807, 2.05) is 0 Å². The highest BCUT2D eigenvalue weighted by Gasteiger charge is 2.21. The molecule has 0 saturated carbocycles.